The maximum Gasteiger partial charge on any atom is 0.0482 e. The lowest BCUT2D eigenvalue weighted by Crippen LogP contribution is -2.58. The zero-order valence-electron chi connectivity index (χ0n) is 6.04. The summed E-state index contributed by atoms with van der Waals surface area (Å²) in [5.74, 6) is 0. The second-order valence-corrected chi connectivity index (χ2v) is 3.09. The van der Waals surface area contributed by atoms with Gasteiger partial charge in [-0.1, -0.05) is 0 Å². The molecule has 4 heteroatoms. The third-order valence-electron chi connectivity index (χ3n) is 2.35. The molecule has 0 amide bonds. The highest BCUT2D eigenvalue weighted by Gasteiger charge is 2.34. The van der Waals surface area contributed by atoms with Crippen LogP contribution in [0.4, 0.5) is 0 Å². The van der Waals surface area contributed by atoms with Crippen molar-refractivity contribution in [3.8, 4) is 0 Å². The third kappa shape index (κ3) is 1.03. The topological polar surface area (TPSA) is 48.1 Å². The minimum Gasteiger partial charge on any atom is -0.304 e. The second-order valence-electron chi connectivity index (χ2n) is 3.09. The van der Waals surface area contributed by atoms with Gasteiger partial charge in [-0.05, 0) is 13.0 Å². The Morgan fingerprint density at radius 1 is 1.10 bits per heavy atom. The first-order valence-electron chi connectivity index (χ1n) is 3.83. The van der Waals surface area contributed by atoms with Crippen molar-refractivity contribution >= 4 is 0 Å². The molecule has 0 aliphatic carbocycles. The molecule has 4 N–H and O–H groups in total. The Hall–Kier alpha value is -0.160. The molecule has 4 nitrogen and oxygen atoms in total. The van der Waals surface area contributed by atoms with Gasteiger partial charge in [-0.15, -0.1) is 0 Å². The summed E-state index contributed by atoms with van der Waals surface area (Å²) < 4.78 is 0. The van der Waals surface area contributed by atoms with Crippen LogP contribution in [0, 0.1) is 0 Å². The third-order valence-corrected chi connectivity index (χ3v) is 2.35. The summed E-state index contributed by atoms with van der Waals surface area (Å²) in [4.78, 5) is 0. The second kappa shape index (κ2) is 2.47. The van der Waals surface area contributed by atoms with E-state index in [1.165, 1.54) is 6.42 Å². The van der Waals surface area contributed by atoms with Crippen molar-refractivity contribution in [2.75, 3.05) is 26.3 Å². The maximum absolute atomic E-state index is 3.46. The highest BCUT2D eigenvalue weighted by Crippen LogP contribution is 2.12. The van der Waals surface area contributed by atoms with Crippen LogP contribution in [0.1, 0.15) is 6.42 Å². The average molecular weight is 142 g/mol. The molecule has 1 spiro atoms. The first-order valence-corrected chi connectivity index (χ1v) is 3.83. The summed E-state index contributed by atoms with van der Waals surface area (Å²) in [6, 6.07) is 0. The summed E-state index contributed by atoms with van der Waals surface area (Å²) in [6.45, 7) is 4.18. The summed E-state index contributed by atoms with van der Waals surface area (Å²) in [7, 11) is 0. The first kappa shape index (κ1) is 6.54. The van der Waals surface area contributed by atoms with Crippen LogP contribution in [0.2, 0.25) is 0 Å². The molecule has 2 aliphatic rings. The Bertz CT molecular complexity index is 111. The van der Waals surface area contributed by atoms with E-state index in [2.05, 4.69) is 21.5 Å². The van der Waals surface area contributed by atoms with Crippen molar-refractivity contribution in [1.29, 1.82) is 0 Å². The van der Waals surface area contributed by atoms with E-state index in [0.717, 1.165) is 26.3 Å². The fraction of sp³-hybridized carbons (Fsp3) is 1.00. The molecule has 2 rings (SSSR count). The number of hydrogen-bond acceptors (Lipinski definition) is 4. The maximum atomic E-state index is 3.46. The zero-order chi connectivity index (χ0) is 6.86. The SMILES string of the molecule is C1CC2(CNNC2)NCN1. The van der Waals surface area contributed by atoms with E-state index in [9.17, 15) is 0 Å². The van der Waals surface area contributed by atoms with Gasteiger partial charge in [0.25, 0.3) is 0 Å². The van der Waals surface area contributed by atoms with Crippen LogP contribution in [0.25, 0.3) is 0 Å². The van der Waals surface area contributed by atoms with Crippen LogP contribution >= 0.6 is 0 Å². The number of nitrogens with one attached hydrogen (secondary N) is 4. The van der Waals surface area contributed by atoms with Crippen molar-refractivity contribution in [1.82, 2.24) is 21.5 Å². The molecule has 2 fully saturated rings. The average Bonchev–Trinajstić information content (AvgIpc) is 2.39. The molecular weight excluding hydrogens is 128 g/mol. The van der Waals surface area contributed by atoms with Crippen molar-refractivity contribution < 1.29 is 0 Å². The Kier molecular flexibility index (Phi) is 1.61. The number of hydrazine groups is 1. The van der Waals surface area contributed by atoms with E-state index in [-0.39, 0.29) is 0 Å². The Morgan fingerprint density at radius 3 is 2.50 bits per heavy atom. The molecule has 0 aromatic carbocycles. The molecule has 0 unspecified atom stereocenters. The molecule has 58 valence electrons. The molecule has 2 saturated heterocycles. The molecule has 0 saturated carbocycles. The molecule has 2 heterocycles. The van der Waals surface area contributed by atoms with Crippen LogP contribution in [0.5, 0.6) is 0 Å². The van der Waals surface area contributed by atoms with Crippen molar-refractivity contribution in [2.24, 2.45) is 0 Å². The van der Waals surface area contributed by atoms with Gasteiger partial charge in [-0.3, -0.25) is 16.2 Å². The van der Waals surface area contributed by atoms with E-state index in [1.54, 1.807) is 0 Å². The summed E-state index contributed by atoms with van der Waals surface area (Å²) in [6.07, 6.45) is 1.22. The molecule has 0 bridgehead atoms. The van der Waals surface area contributed by atoms with Gasteiger partial charge >= 0.3 is 0 Å². The minimum atomic E-state index is 0.339. The lowest BCUT2D eigenvalue weighted by atomic mass is 9.95. The lowest BCUT2D eigenvalue weighted by Gasteiger charge is -2.33. The molecule has 0 atom stereocenters. The van der Waals surface area contributed by atoms with Gasteiger partial charge < -0.3 is 5.32 Å². The molecule has 0 radical (unpaired) electrons. The van der Waals surface area contributed by atoms with E-state index < -0.39 is 0 Å². The number of hydrogen-bond donors (Lipinski definition) is 4. The van der Waals surface area contributed by atoms with Crippen LogP contribution in [-0.2, 0) is 0 Å². The standard InChI is InChI=1S/C6H14N4/c1-2-7-5-8-6(1)3-9-10-4-6/h7-10H,1-5H2. The number of rotatable bonds is 0. The lowest BCUT2D eigenvalue weighted by molar-refractivity contribution is 0.285. The van der Waals surface area contributed by atoms with Crippen molar-refractivity contribution in [3.05, 3.63) is 0 Å². The van der Waals surface area contributed by atoms with E-state index >= 15 is 0 Å². The van der Waals surface area contributed by atoms with Gasteiger partial charge in [0.2, 0.25) is 0 Å². The zero-order valence-corrected chi connectivity index (χ0v) is 6.04. The summed E-state index contributed by atoms with van der Waals surface area (Å²) in [5.41, 5.74) is 6.62. The predicted molar refractivity (Wildman–Crippen MR) is 39.4 cm³/mol. The van der Waals surface area contributed by atoms with Gasteiger partial charge in [0.15, 0.2) is 0 Å². The minimum absolute atomic E-state index is 0.339. The Labute approximate surface area is 60.7 Å². The van der Waals surface area contributed by atoms with Gasteiger partial charge in [0.1, 0.15) is 0 Å². The molecular formula is C6H14N4. The summed E-state index contributed by atoms with van der Waals surface area (Å²) in [5, 5.41) is 6.73. The summed E-state index contributed by atoms with van der Waals surface area (Å²) >= 11 is 0. The van der Waals surface area contributed by atoms with Crippen LogP contribution in [0.15, 0.2) is 0 Å². The van der Waals surface area contributed by atoms with Gasteiger partial charge in [-0.25, -0.2) is 0 Å². The van der Waals surface area contributed by atoms with Gasteiger partial charge in [0, 0.05) is 25.3 Å². The van der Waals surface area contributed by atoms with Crippen LogP contribution in [-0.4, -0.2) is 31.8 Å². The fourth-order valence-corrected chi connectivity index (χ4v) is 1.58. The largest absolute Gasteiger partial charge is 0.304 e. The Balaban J connectivity index is 1.98. The fourth-order valence-electron chi connectivity index (χ4n) is 1.58. The van der Waals surface area contributed by atoms with Crippen molar-refractivity contribution in [3.63, 3.8) is 0 Å². The van der Waals surface area contributed by atoms with Crippen LogP contribution < -0.4 is 21.5 Å². The highest BCUT2D eigenvalue weighted by atomic mass is 15.4. The first-order chi connectivity index (χ1) is 4.91. The molecule has 0 aromatic rings. The molecule has 0 aromatic heterocycles. The molecule has 10 heavy (non-hydrogen) atoms. The van der Waals surface area contributed by atoms with Gasteiger partial charge in [0.05, 0.1) is 0 Å². The quantitative estimate of drug-likeness (QED) is 0.328. The predicted octanol–water partition coefficient (Wildman–Crippen LogP) is -1.63. The van der Waals surface area contributed by atoms with E-state index in [4.69, 9.17) is 0 Å². The van der Waals surface area contributed by atoms with Crippen LogP contribution in [0.3, 0.4) is 0 Å². The monoisotopic (exact) mass is 142 g/mol. The molecule has 2 aliphatic heterocycles. The highest BCUT2D eigenvalue weighted by molar-refractivity contribution is 4.97. The van der Waals surface area contributed by atoms with Gasteiger partial charge in [-0.2, -0.15) is 0 Å². The van der Waals surface area contributed by atoms with E-state index in [0.29, 0.717) is 5.54 Å². The van der Waals surface area contributed by atoms with Crippen molar-refractivity contribution in [2.45, 2.75) is 12.0 Å². The Morgan fingerprint density at radius 2 is 1.90 bits per heavy atom. The van der Waals surface area contributed by atoms with E-state index in [1.807, 2.05) is 0 Å². The normalized spacial score (nSPS) is 31.2. The smallest absolute Gasteiger partial charge is 0.0482 e.